The number of nitrogens with one attached hydrogen (secondary N) is 1. The molecule has 0 aromatic carbocycles. The third kappa shape index (κ3) is 10.4. The van der Waals surface area contributed by atoms with E-state index in [1.54, 1.807) is 0 Å². The van der Waals surface area contributed by atoms with Crippen LogP contribution >= 0.6 is 0 Å². The monoisotopic (exact) mass is 228 g/mol. The van der Waals surface area contributed by atoms with Crippen LogP contribution < -0.4 is 11.1 Å². The van der Waals surface area contributed by atoms with E-state index in [0.29, 0.717) is 0 Å². The summed E-state index contributed by atoms with van der Waals surface area (Å²) in [7, 11) is 0. The average molecular weight is 228 g/mol. The van der Waals surface area contributed by atoms with Gasteiger partial charge in [0.2, 0.25) is 0 Å². The van der Waals surface area contributed by atoms with Crippen LogP contribution in [0.3, 0.4) is 0 Å². The molecule has 0 aliphatic carbocycles. The first kappa shape index (κ1) is 15.9. The predicted octanol–water partition coefficient (Wildman–Crippen LogP) is 3.45. The number of hydrogen-bond donors (Lipinski definition) is 2. The summed E-state index contributed by atoms with van der Waals surface area (Å²) in [5.41, 5.74) is 5.46. The van der Waals surface area contributed by atoms with Crippen LogP contribution in [-0.4, -0.2) is 19.1 Å². The molecular weight excluding hydrogens is 196 g/mol. The second kappa shape index (κ2) is 13.0. The molecule has 0 saturated carbocycles. The van der Waals surface area contributed by atoms with Gasteiger partial charge in [0.1, 0.15) is 0 Å². The minimum Gasteiger partial charge on any atom is -0.330 e. The molecule has 0 bridgehead atoms. The molecule has 0 saturated heterocycles. The van der Waals surface area contributed by atoms with Crippen molar-refractivity contribution in [2.24, 2.45) is 5.73 Å². The van der Waals surface area contributed by atoms with Gasteiger partial charge in [0, 0.05) is 6.04 Å². The second-order valence-corrected chi connectivity index (χ2v) is 4.73. The van der Waals surface area contributed by atoms with E-state index in [-0.39, 0.29) is 0 Å². The maximum atomic E-state index is 5.46. The zero-order chi connectivity index (χ0) is 12.1. The van der Waals surface area contributed by atoms with Crippen LogP contribution in [0.25, 0.3) is 0 Å². The molecule has 0 aromatic rings. The van der Waals surface area contributed by atoms with E-state index in [1.807, 2.05) is 0 Å². The molecule has 2 nitrogen and oxygen atoms in total. The quantitative estimate of drug-likeness (QED) is 0.502. The first-order valence-electron chi connectivity index (χ1n) is 7.28. The van der Waals surface area contributed by atoms with Crippen LogP contribution in [-0.2, 0) is 0 Å². The highest BCUT2D eigenvalue weighted by atomic mass is 14.9. The largest absolute Gasteiger partial charge is 0.330 e. The van der Waals surface area contributed by atoms with E-state index in [2.05, 4.69) is 19.2 Å². The van der Waals surface area contributed by atoms with Gasteiger partial charge in [-0.25, -0.2) is 0 Å². The number of hydrogen-bond acceptors (Lipinski definition) is 2. The second-order valence-electron chi connectivity index (χ2n) is 4.73. The third-order valence-corrected chi connectivity index (χ3v) is 3.30. The SMILES string of the molecule is CCC(CC)NCCCCCCCCCN. The van der Waals surface area contributed by atoms with Crippen molar-refractivity contribution in [2.45, 2.75) is 77.7 Å². The zero-order valence-electron chi connectivity index (χ0n) is 11.4. The van der Waals surface area contributed by atoms with Crippen molar-refractivity contribution in [2.75, 3.05) is 13.1 Å². The normalized spacial score (nSPS) is 11.2. The molecule has 16 heavy (non-hydrogen) atoms. The molecule has 0 fully saturated rings. The molecule has 2 heteroatoms. The van der Waals surface area contributed by atoms with Crippen LogP contribution in [0.4, 0.5) is 0 Å². The van der Waals surface area contributed by atoms with E-state index in [1.165, 1.54) is 64.3 Å². The Morgan fingerprint density at radius 3 is 1.81 bits per heavy atom. The summed E-state index contributed by atoms with van der Waals surface area (Å²) in [6, 6.07) is 0.740. The molecule has 0 unspecified atom stereocenters. The number of nitrogens with two attached hydrogens (primary N) is 1. The maximum absolute atomic E-state index is 5.46. The minimum atomic E-state index is 0.740. The van der Waals surface area contributed by atoms with Crippen LogP contribution in [0.1, 0.15) is 71.6 Å². The van der Waals surface area contributed by atoms with Gasteiger partial charge in [-0.1, -0.05) is 46.0 Å². The molecular formula is C14H32N2. The Balaban J connectivity index is 3.03. The highest BCUT2D eigenvalue weighted by Gasteiger charge is 2.00. The average Bonchev–Trinajstić information content (AvgIpc) is 2.32. The summed E-state index contributed by atoms with van der Waals surface area (Å²) in [5, 5.41) is 3.61. The van der Waals surface area contributed by atoms with Crippen LogP contribution in [0.5, 0.6) is 0 Å². The Hall–Kier alpha value is -0.0800. The highest BCUT2D eigenvalue weighted by Crippen LogP contribution is 2.06. The Morgan fingerprint density at radius 2 is 1.31 bits per heavy atom. The van der Waals surface area contributed by atoms with Gasteiger partial charge in [0.15, 0.2) is 0 Å². The van der Waals surface area contributed by atoms with Gasteiger partial charge >= 0.3 is 0 Å². The minimum absolute atomic E-state index is 0.740. The lowest BCUT2D eigenvalue weighted by Crippen LogP contribution is -2.28. The molecule has 0 heterocycles. The lowest BCUT2D eigenvalue weighted by Gasteiger charge is -2.14. The summed E-state index contributed by atoms with van der Waals surface area (Å²) < 4.78 is 0. The highest BCUT2D eigenvalue weighted by molar-refractivity contribution is 4.61. The molecule has 0 amide bonds. The molecule has 0 aromatic heterocycles. The summed E-state index contributed by atoms with van der Waals surface area (Å²) in [6.07, 6.45) is 11.9. The van der Waals surface area contributed by atoms with Crippen LogP contribution in [0, 0.1) is 0 Å². The van der Waals surface area contributed by atoms with Gasteiger partial charge in [-0.3, -0.25) is 0 Å². The Bertz CT molecular complexity index is 122. The topological polar surface area (TPSA) is 38.0 Å². The van der Waals surface area contributed by atoms with E-state index in [4.69, 9.17) is 5.73 Å². The predicted molar refractivity (Wildman–Crippen MR) is 73.7 cm³/mol. The molecule has 0 radical (unpaired) electrons. The van der Waals surface area contributed by atoms with E-state index < -0.39 is 0 Å². The lowest BCUT2D eigenvalue weighted by molar-refractivity contribution is 0.467. The lowest BCUT2D eigenvalue weighted by atomic mass is 10.1. The van der Waals surface area contributed by atoms with E-state index in [9.17, 15) is 0 Å². The fraction of sp³-hybridized carbons (Fsp3) is 1.00. The smallest absolute Gasteiger partial charge is 0.00618 e. The van der Waals surface area contributed by atoms with Gasteiger partial charge < -0.3 is 11.1 Å². The van der Waals surface area contributed by atoms with Gasteiger partial charge in [-0.2, -0.15) is 0 Å². The van der Waals surface area contributed by atoms with Crippen molar-refractivity contribution in [3.63, 3.8) is 0 Å². The molecule has 3 N–H and O–H groups in total. The first-order chi connectivity index (χ1) is 7.85. The fourth-order valence-corrected chi connectivity index (χ4v) is 2.04. The molecule has 0 aliphatic rings. The van der Waals surface area contributed by atoms with Crippen molar-refractivity contribution < 1.29 is 0 Å². The third-order valence-electron chi connectivity index (χ3n) is 3.30. The summed E-state index contributed by atoms with van der Waals surface area (Å²) >= 11 is 0. The van der Waals surface area contributed by atoms with Crippen molar-refractivity contribution >= 4 is 0 Å². The van der Waals surface area contributed by atoms with Gasteiger partial charge in [0.25, 0.3) is 0 Å². The first-order valence-corrected chi connectivity index (χ1v) is 7.28. The summed E-state index contributed by atoms with van der Waals surface area (Å²) in [5.74, 6) is 0. The van der Waals surface area contributed by atoms with Gasteiger partial charge in [-0.05, 0) is 38.8 Å². The Kier molecular flexibility index (Phi) is 12.9. The molecule has 0 aliphatic heterocycles. The number of rotatable bonds is 12. The number of unbranched alkanes of at least 4 members (excludes halogenated alkanes) is 6. The van der Waals surface area contributed by atoms with Gasteiger partial charge in [-0.15, -0.1) is 0 Å². The molecule has 0 rings (SSSR count). The van der Waals surface area contributed by atoms with Crippen molar-refractivity contribution in [1.29, 1.82) is 0 Å². The molecule has 98 valence electrons. The van der Waals surface area contributed by atoms with Crippen molar-refractivity contribution in [3.05, 3.63) is 0 Å². The Morgan fingerprint density at radius 1 is 0.812 bits per heavy atom. The van der Waals surface area contributed by atoms with Crippen molar-refractivity contribution in [3.8, 4) is 0 Å². The standard InChI is InChI=1S/C14H32N2/c1-3-14(4-2)16-13-11-9-7-5-6-8-10-12-15/h14,16H,3-13,15H2,1-2H3. The fourth-order valence-electron chi connectivity index (χ4n) is 2.04. The van der Waals surface area contributed by atoms with Crippen LogP contribution in [0.2, 0.25) is 0 Å². The summed E-state index contributed by atoms with van der Waals surface area (Å²) in [6.45, 7) is 6.59. The molecule has 0 spiro atoms. The van der Waals surface area contributed by atoms with E-state index >= 15 is 0 Å². The maximum Gasteiger partial charge on any atom is 0.00618 e. The summed E-state index contributed by atoms with van der Waals surface area (Å²) in [4.78, 5) is 0. The van der Waals surface area contributed by atoms with Crippen LogP contribution in [0.15, 0.2) is 0 Å². The zero-order valence-corrected chi connectivity index (χ0v) is 11.4. The van der Waals surface area contributed by atoms with E-state index in [0.717, 1.165) is 12.6 Å². The Labute approximate surface area is 102 Å². The van der Waals surface area contributed by atoms with Gasteiger partial charge in [0.05, 0.1) is 0 Å². The molecule has 0 atom stereocenters. The van der Waals surface area contributed by atoms with Crippen molar-refractivity contribution in [1.82, 2.24) is 5.32 Å².